The number of ether oxygens (including phenoxy) is 1. The molecule has 2 aromatic rings. The molecular weight excluding hydrogens is 200 g/mol. The molecule has 0 amide bonds. The van der Waals surface area contributed by atoms with Crippen LogP contribution in [0, 0.1) is 0 Å². The van der Waals surface area contributed by atoms with E-state index < -0.39 is 0 Å². The molecule has 0 heterocycles. The van der Waals surface area contributed by atoms with E-state index in [-0.39, 0.29) is 12.5 Å². The fourth-order valence-electron chi connectivity index (χ4n) is 1.78. The molecule has 84 valence electrons. The number of methoxy groups -OCH3 is 1. The highest BCUT2D eigenvalue weighted by molar-refractivity contribution is 5.84. The van der Waals surface area contributed by atoms with Crippen molar-refractivity contribution in [3.05, 3.63) is 42.0 Å². The number of rotatable bonds is 3. The number of aliphatic hydroxyl groups excluding tert-OH is 1. The van der Waals surface area contributed by atoms with Crippen molar-refractivity contribution >= 4 is 10.8 Å². The van der Waals surface area contributed by atoms with Crippen molar-refractivity contribution in [2.24, 2.45) is 0 Å². The van der Waals surface area contributed by atoms with Crippen LogP contribution in [0.1, 0.15) is 18.4 Å². The monoisotopic (exact) mass is 216 g/mol. The van der Waals surface area contributed by atoms with Gasteiger partial charge in [-0.15, -0.1) is 0 Å². The number of aliphatic hydroxyl groups is 1. The smallest absolute Gasteiger partial charge is 0.119 e. The molecule has 0 saturated carbocycles. The lowest BCUT2D eigenvalue weighted by molar-refractivity contribution is 0.273. The Morgan fingerprint density at radius 2 is 1.81 bits per heavy atom. The van der Waals surface area contributed by atoms with E-state index in [0.29, 0.717) is 0 Å². The first-order valence-corrected chi connectivity index (χ1v) is 5.43. The van der Waals surface area contributed by atoms with E-state index >= 15 is 0 Å². The van der Waals surface area contributed by atoms with E-state index in [1.54, 1.807) is 7.11 Å². The maximum Gasteiger partial charge on any atom is 0.119 e. The molecule has 16 heavy (non-hydrogen) atoms. The van der Waals surface area contributed by atoms with Crippen LogP contribution >= 0.6 is 0 Å². The van der Waals surface area contributed by atoms with Gasteiger partial charge in [-0.2, -0.15) is 0 Å². The molecule has 0 aromatic heterocycles. The van der Waals surface area contributed by atoms with Gasteiger partial charge in [0.2, 0.25) is 0 Å². The lowest BCUT2D eigenvalue weighted by Crippen LogP contribution is -1.98. The first kappa shape index (κ1) is 11.0. The zero-order valence-electron chi connectivity index (χ0n) is 9.60. The topological polar surface area (TPSA) is 29.5 Å². The molecule has 2 nitrogen and oxygen atoms in total. The van der Waals surface area contributed by atoms with Crippen molar-refractivity contribution in [3.8, 4) is 5.75 Å². The highest BCUT2D eigenvalue weighted by Gasteiger charge is 2.04. The number of benzene rings is 2. The van der Waals surface area contributed by atoms with Crippen LogP contribution in [-0.4, -0.2) is 18.8 Å². The number of hydrogen-bond acceptors (Lipinski definition) is 2. The summed E-state index contributed by atoms with van der Waals surface area (Å²) in [6.45, 7) is 2.20. The third-order valence-electron chi connectivity index (χ3n) is 2.91. The average Bonchev–Trinajstić information content (AvgIpc) is 2.36. The van der Waals surface area contributed by atoms with Crippen molar-refractivity contribution in [1.29, 1.82) is 0 Å². The van der Waals surface area contributed by atoms with Gasteiger partial charge in [-0.3, -0.25) is 0 Å². The van der Waals surface area contributed by atoms with Crippen molar-refractivity contribution in [2.45, 2.75) is 12.8 Å². The third-order valence-corrected chi connectivity index (χ3v) is 2.91. The second kappa shape index (κ2) is 4.54. The molecule has 0 fully saturated rings. The van der Waals surface area contributed by atoms with Gasteiger partial charge in [-0.05, 0) is 28.5 Å². The van der Waals surface area contributed by atoms with E-state index in [1.165, 1.54) is 10.9 Å². The molecule has 0 aliphatic rings. The van der Waals surface area contributed by atoms with Crippen LogP contribution in [0.4, 0.5) is 0 Å². The van der Waals surface area contributed by atoms with Crippen LogP contribution in [0.2, 0.25) is 0 Å². The van der Waals surface area contributed by atoms with Gasteiger partial charge in [0.05, 0.1) is 7.11 Å². The summed E-state index contributed by atoms with van der Waals surface area (Å²) in [6, 6.07) is 12.3. The second-order valence-electron chi connectivity index (χ2n) is 4.06. The standard InChI is InChI=1S/C14H16O2/c1-10(9-15)11-3-4-13-8-14(16-2)6-5-12(13)7-11/h3-8,10,15H,9H2,1-2H3/t10-/m0/s1. The summed E-state index contributed by atoms with van der Waals surface area (Å²) in [7, 11) is 1.67. The van der Waals surface area contributed by atoms with Gasteiger partial charge in [0.1, 0.15) is 5.75 Å². The minimum atomic E-state index is 0.182. The Balaban J connectivity index is 2.47. The highest BCUT2D eigenvalue weighted by Crippen LogP contribution is 2.24. The van der Waals surface area contributed by atoms with Gasteiger partial charge >= 0.3 is 0 Å². The molecule has 2 rings (SSSR count). The quantitative estimate of drug-likeness (QED) is 0.854. The Bertz CT molecular complexity index is 491. The Morgan fingerprint density at radius 1 is 1.12 bits per heavy atom. The van der Waals surface area contributed by atoms with Crippen LogP contribution < -0.4 is 4.74 Å². The zero-order valence-corrected chi connectivity index (χ0v) is 9.60. The van der Waals surface area contributed by atoms with E-state index in [2.05, 4.69) is 18.2 Å². The molecule has 2 aromatic carbocycles. The molecule has 0 aliphatic heterocycles. The fourth-order valence-corrected chi connectivity index (χ4v) is 1.78. The molecule has 0 aliphatic carbocycles. The average molecular weight is 216 g/mol. The summed E-state index contributed by atoms with van der Waals surface area (Å²) in [4.78, 5) is 0. The zero-order chi connectivity index (χ0) is 11.5. The molecule has 0 spiro atoms. The summed E-state index contributed by atoms with van der Waals surface area (Å²) in [5.41, 5.74) is 1.17. The summed E-state index contributed by atoms with van der Waals surface area (Å²) in [5, 5.41) is 11.5. The normalized spacial score (nSPS) is 12.7. The fraction of sp³-hybridized carbons (Fsp3) is 0.286. The van der Waals surface area contributed by atoms with Crippen molar-refractivity contribution in [2.75, 3.05) is 13.7 Å². The highest BCUT2D eigenvalue weighted by atomic mass is 16.5. The summed E-state index contributed by atoms with van der Waals surface area (Å²) in [6.07, 6.45) is 0. The van der Waals surface area contributed by atoms with Gasteiger partial charge in [-0.1, -0.05) is 31.2 Å². The molecular formula is C14H16O2. The van der Waals surface area contributed by atoms with Gasteiger partial charge in [-0.25, -0.2) is 0 Å². The van der Waals surface area contributed by atoms with Crippen molar-refractivity contribution in [3.63, 3.8) is 0 Å². The molecule has 1 N–H and O–H groups in total. The van der Waals surface area contributed by atoms with Crippen LogP contribution in [-0.2, 0) is 0 Å². The van der Waals surface area contributed by atoms with Crippen molar-refractivity contribution in [1.82, 2.24) is 0 Å². The van der Waals surface area contributed by atoms with Gasteiger partial charge < -0.3 is 9.84 Å². The predicted octanol–water partition coefficient (Wildman–Crippen LogP) is 2.94. The van der Waals surface area contributed by atoms with E-state index in [0.717, 1.165) is 11.1 Å². The molecule has 0 unspecified atom stereocenters. The third kappa shape index (κ3) is 2.02. The summed E-state index contributed by atoms with van der Waals surface area (Å²) >= 11 is 0. The molecule has 0 saturated heterocycles. The first-order chi connectivity index (χ1) is 7.74. The SMILES string of the molecule is COc1ccc2cc([C@@H](C)CO)ccc2c1. The van der Waals surface area contributed by atoms with Crippen LogP contribution in [0.5, 0.6) is 5.75 Å². The van der Waals surface area contributed by atoms with Crippen LogP contribution in [0.3, 0.4) is 0 Å². The summed E-state index contributed by atoms with van der Waals surface area (Å²) in [5.74, 6) is 1.06. The predicted molar refractivity (Wildman–Crippen MR) is 66.0 cm³/mol. The second-order valence-corrected chi connectivity index (χ2v) is 4.06. The van der Waals surface area contributed by atoms with E-state index in [1.807, 2.05) is 25.1 Å². The molecule has 0 radical (unpaired) electrons. The van der Waals surface area contributed by atoms with E-state index in [9.17, 15) is 0 Å². The maximum absolute atomic E-state index is 9.12. The Kier molecular flexibility index (Phi) is 3.11. The molecule has 2 heteroatoms. The summed E-state index contributed by atoms with van der Waals surface area (Å²) < 4.78 is 5.18. The minimum absolute atomic E-state index is 0.182. The van der Waals surface area contributed by atoms with Crippen LogP contribution in [0.15, 0.2) is 36.4 Å². The maximum atomic E-state index is 9.12. The Morgan fingerprint density at radius 3 is 2.50 bits per heavy atom. The largest absolute Gasteiger partial charge is 0.497 e. The minimum Gasteiger partial charge on any atom is -0.497 e. The number of hydrogen-bond donors (Lipinski definition) is 1. The van der Waals surface area contributed by atoms with Crippen LogP contribution in [0.25, 0.3) is 10.8 Å². The Hall–Kier alpha value is -1.54. The van der Waals surface area contributed by atoms with Gasteiger partial charge in [0.25, 0.3) is 0 Å². The van der Waals surface area contributed by atoms with E-state index in [4.69, 9.17) is 9.84 Å². The van der Waals surface area contributed by atoms with Gasteiger partial charge in [0, 0.05) is 12.5 Å². The molecule has 1 atom stereocenters. The lowest BCUT2D eigenvalue weighted by Gasteiger charge is -2.10. The van der Waals surface area contributed by atoms with Gasteiger partial charge in [0.15, 0.2) is 0 Å². The first-order valence-electron chi connectivity index (χ1n) is 5.43. The lowest BCUT2D eigenvalue weighted by atomic mass is 9.98. The molecule has 0 bridgehead atoms. The van der Waals surface area contributed by atoms with Crippen molar-refractivity contribution < 1.29 is 9.84 Å². The Labute approximate surface area is 95.5 Å². The number of fused-ring (bicyclic) bond motifs is 1.